The molecule has 0 bridgehead atoms. The molecule has 1 aromatic rings. The molecule has 1 aliphatic rings. The summed E-state index contributed by atoms with van der Waals surface area (Å²) in [5, 5.41) is 0. The molecule has 0 aliphatic carbocycles. The largest absolute Gasteiger partial charge is 0.341 e. The lowest BCUT2D eigenvalue weighted by Gasteiger charge is -2.31. The van der Waals surface area contributed by atoms with Crippen LogP contribution in [0.25, 0.3) is 0 Å². The number of likely N-dealkylation sites (tertiary alicyclic amines) is 1. The quantitative estimate of drug-likeness (QED) is 0.866. The standard InChI is InChI=1S/C17H26N2O3S/c1-14(2)13-16(17(20)19-11-7-4-8-12-19)18-23(21,22)15-9-5-3-6-10-15/h3,5-6,9-10,14,16,18H,4,7-8,11-13H2,1-2H3/t16-/m1/s1. The number of carbonyl (C=O) groups excluding carboxylic acids is 1. The van der Waals surface area contributed by atoms with E-state index in [0.717, 1.165) is 32.4 Å². The number of rotatable bonds is 6. The van der Waals surface area contributed by atoms with E-state index in [4.69, 9.17) is 0 Å². The zero-order valence-corrected chi connectivity index (χ0v) is 14.7. The van der Waals surface area contributed by atoms with Crippen molar-refractivity contribution < 1.29 is 13.2 Å². The molecular formula is C17H26N2O3S. The van der Waals surface area contributed by atoms with Crippen molar-refractivity contribution in [1.29, 1.82) is 0 Å². The lowest BCUT2D eigenvalue weighted by atomic mass is 10.0. The van der Waals surface area contributed by atoms with Gasteiger partial charge in [0.05, 0.1) is 4.90 Å². The van der Waals surface area contributed by atoms with Crippen LogP contribution in [0, 0.1) is 5.92 Å². The lowest BCUT2D eigenvalue weighted by molar-refractivity contribution is -0.134. The van der Waals surface area contributed by atoms with Crippen molar-refractivity contribution in [3.63, 3.8) is 0 Å². The van der Waals surface area contributed by atoms with E-state index in [2.05, 4.69) is 4.72 Å². The summed E-state index contributed by atoms with van der Waals surface area (Å²) < 4.78 is 27.7. The van der Waals surface area contributed by atoms with Gasteiger partial charge in [-0.1, -0.05) is 32.0 Å². The zero-order chi connectivity index (χ0) is 16.9. The monoisotopic (exact) mass is 338 g/mol. The Balaban J connectivity index is 2.16. The molecule has 0 spiro atoms. The summed E-state index contributed by atoms with van der Waals surface area (Å²) in [6.07, 6.45) is 3.62. The highest BCUT2D eigenvalue weighted by Gasteiger charge is 2.30. The third kappa shape index (κ3) is 5.04. The summed E-state index contributed by atoms with van der Waals surface area (Å²) in [5.41, 5.74) is 0. The van der Waals surface area contributed by atoms with Crippen molar-refractivity contribution in [2.24, 2.45) is 5.92 Å². The molecule has 0 saturated carbocycles. The Morgan fingerprint density at radius 2 is 1.74 bits per heavy atom. The molecule has 0 unspecified atom stereocenters. The van der Waals surface area contributed by atoms with Gasteiger partial charge in [0.2, 0.25) is 15.9 Å². The summed E-state index contributed by atoms with van der Waals surface area (Å²) >= 11 is 0. The minimum atomic E-state index is -3.69. The average Bonchev–Trinajstić information content (AvgIpc) is 2.54. The maximum atomic E-state index is 12.7. The third-order valence-corrected chi connectivity index (χ3v) is 5.51. The van der Waals surface area contributed by atoms with Crippen molar-refractivity contribution in [2.45, 2.75) is 50.5 Å². The molecular weight excluding hydrogens is 312 g/mol. The van der Waals surface area contributed by atoms with E-state index in [0.29, 0.717) is 6.42 Å². The third-order valence-electron chi connectivity index (χ3n) is 4.02. The van der Waals surface area contributed by atoms with Crippen LogP contribution in [0.5, 0.6) is 0 Å². The highest BCUT2D eigenvalue weighted by Crippen LogP contribution is 2.16. The van der Waals surface area contributed by atoms with Crippen molar-refractivity contribution in [1.82, 2.24) is 9.62 Å². The molecule has 23 heavy (non-hydrogen) atoms. The number of piperidine rings is 1. The maximum absolute atomic E-state index is 12.7. The Morgan fingerprint density at radius 1 is 1.13 bits per heavy atom. The fourth-order valence-electron chi connectivity index (χ4n) is 2.86. The van der Waals surface area contributed by atoms with Gasteiger partial charge in [0, 0.05) is 13.1 Å². The topological polar surface area (TPSA) is 66.5 Å². The van der Waals surface area contributed by atoms with E-state index in [1.54, 1.807) is 35.2 Å². The fourth-order valence-corrected chi connectivity index (χ4v) is 4.08. The first kappa shape index (κ1) is 17.9. The summed E-state index contributed by atoms with van der Waals surface area (Å²) in [6, 6.07) is 7.51. The van der Waals surface area contributed by atoms with Crippen molar-refractivity contribution in [3.05, 3.63) is 30.3 Å². The smallest absolute Gasteiger partial charge is 0.241 e. The number of hydrogen-bond donors (Lipinski definition) is 1. The van der Waals surface area contributed by atoms with Crippen LogP contribution in [0.4, 0.5) is 0 Å². The van der Waals surface area contributed by atoms with E-state index in [1.807, 2.05) is 13.8 Å². The van der Waals surface area contributed by atoms with Crippen LogP contribution in [-0.2, 0) is 14.8 Å². The van der Waals surface area contributed by atoms with Gasteiger partial charge in [-0.3, -0.25) is 4.79 Å². The Morgan fingerprint density at radius 3 is 2.30 bits per heavy atom. The van der Waals surface area contributed by atoms with Crippen LogP contribution < -0.4 is 4.72 Å². The maximum Gasteiger partial charge on any atom is 0.241 e. The van der Waals surface area contributed by atoms with Crippen LogP contribution in [0.15, 0.2) is 35.2 Å². The first-order valence-corrected chi connectivity index (χ1v) is 9.74. The molecule has 1 amide bonds. The van der Waals surface area contributed by atoms with Gasteiger partial charge in [-0.05, 0) is 43.7 Å². The van der Waals surface area contributed by atoms with E-state index in [-0.39, 0.29) is 16.7 Å². The molecule has 1 atom stereocenters. The normalized spacial score (nSPS) is 17.3. The molecule has 1 N–H and O–H groups in total. The number of benzene rings is 1. The number of nitrogens with zero attached hydrogens (tertiary/aromatic N) is 1. The van der Waals surface area contributed by atoms with Gasteiger partial charge in [0.15, 0.2) is 0 Å². The predicted octanol–water partition coefficient (Wildman–Crippen LogP) is 2.39. The number of hydrogen-bond acceptors (Lipinski definition) is 3. The molecule has 1 heterocycles. The summed E-state index contributed by atoms with van der Waals surface area (Å²) in [7, 11) is -3.69. The molecule has 128 valence electrons. The number of carbonyl (C=O) groups is 1. The summed E-state index contributed by atoms with van der Waals surface area (Å²) in [5.74, 6) is 0.130. The number of amides is 1. The molecule has 1 aromatic carbocycles. The van der Waals surface area contributed by atoms with E-state index >= 15 is 0 Å². The molecule has 1 aliphatic heterocycles. The first-order chi connectivity index (χ1) is 10.9. The fraction of sp³-hybridized carbons (Fsp3) is 0.588. The first-order valence-electron chi connectivity index (χ1n) is 8.26. The molecule has 0 radical (unpaired) electrons. The van der Waals surface area contributed by atoms with Gasteiger partial charge in [-0.25, -0.2) is 8.42 Å². The van der Waals surface area contributed by atoms with Crippen LogP contribution in [0.1, 0.15) is 39.5 Å². The van der Waals surface area contributed by atoms with Crippen LogP contribution in [-0.4, -0.2) is 38.4 Å². The van der Waals surface area contributed by atoms with Crippen LogP contribution in [0.2, 0.25) is 0 Å². The van der Waals surface area contributed by atoms with Crippen LogP contribution in [0.3, 0.4) is 0 Å². The summed E-state index contributed by atoms with van der Waals surface area (Å²) in [6.45, 7) is 5.43. The zero-order valence-electron chi connectivity index (χ0n) is 13.9. The SMILES string of the molecule is CC(C)C[C@@H](NS(=O)(=O)c1ccccc1)C(=O)N1CCCCC1. The second-order valence-electron chi connectivity index (χ2n) is 6.50. The highest BCUT2D eigenvalue weighted by atomic mass is 32.2. The van der Waals surface area contributed by atoms with E-state index in [1.165, 1.54) is 0 Å². The van der Waals surface area contributed by atoms with Crippen molar-refractivity contribution in [2.75, 3.05) is 13.1 Å². The number of sulfonamides is 1. The molecule has 1 fully saturated rings. The Kier molecular flexibility index (Phi) is 6.18. The van der Waals surface area contributed by atoms with E-state index < -0.39 is 16.1 Å². The molecule has 5 nitrogen and oxygen atoms in total. The molecule has 0 aromatic heterocycles. The van der Waals surface area contributed by atoms with Crippen molar-refractivity contribution in [3.8, 4) is 0 Å². The Hall–Kier alpha value is -1.40. The van der Waals surface area contributed by atoms with Gasteiger partial charge < -0.3 is 4.90 Å². The van der Waals surface area contributed by atoms with Gasteiger partial charge in [-0.15, -0.1) is 0 Å². The van der Waals surface area contributed by atoms with Gasteiger partial charge >= 0.3 is 0 Å². The van der Waals surface area contributed by atoms with Gasteiger partial charge in [-0.2, -0.15) is 4.72 Å². The Labute approximate surface area is 139 Å². The molecule has 2 rings (SSSR count). The summed E-state index contributed by atoms with van der Waals surface area (Å²) in [4.78, 5) is 14.7. The highest BCUT2D eigenvalue weighted by molar-refractivity contribution is 7.89. The van der Waals surface area contributed by atoms with E-state index in [9.17, 15) is 13.2 Å². The minimum Gasteiger partial charge on any atom is -0.341 e. The van der Waals surface area contributed by atoms with Crippen LogP contribution >= 0.6 is 0 Å². The molecule has 1 saturated heterocycles. The minimum absolute atomic E-state index is 0.0992. The van der Waals surface area contributed by atoms with Gasteiger partial charge in [0.1, 0.15) is 6.04 Å². The second kappa shape index (κ2) is 7.93. The lowest BCUT2D eigenvalue weighted by Crippen LogP contribution is -2.50. The molecule has 6 heteroatoms. The predicted molar refractivity (Wildman–Crippen MR) is 90.4 cm³/mol. The Bertz CT molecular complexity index is 608. The second-order valence-corrected chi connectivity index (χ2v) is 8.22. The van der Waals surface area contributed by atoms with Gasteiger partial charge in [0.25, 0.3) is 0 Å². The number of nitrogens with one attached hydrogen (secondary N) is 1. The van der Waals surface area contributed by atoms with Crippen molar-refractivity contribution >= 4 is 15.9 Å². The average molecular weight is 338 g/mol.